The normalized spacial score (nSPS) is 14.4. The molecular formula is C14H20Cl2O3. The molecule has 0 aliphatic rings. The molecule has 0 amide bonds. The monoisotopic (exact) mass is 306 g/mol. The Kier molecular flexibility index (Phi) is 7.73. The summed E-state index contributed by atoms with van der Waals surface area (Å²) in [6, 6.07) is 5.23. The van der Waals surface area contributed by atoms with E-state index in [1.807, 2.05) is 0 Å². The van der Waals surface area contributed by atoms with Gasteiger partial charge >= 0.3 is 0 Å². The van der Waals surface area contributed by atoms with E-state index in [1.165, 1.54) is 7.11 Å². The molecular weight excluding hydrogens is 287 g/mol. The molecule has 0 saturated carbocycles. The van der Waals surface area contributed by atoms with Crippen LogP contribution in [0.2, 0.25) is 10.0 Å². The van der Waals surface area contributed by atoms with Gasteiger partial charge in [-0.25, -0.2) is 0 Å². The predicted molar refractivity (Wildman–Crippen MR) is 77.7 cm³/mol. The first kappa shape index (κ1) is 16.7. The number of hydrogen-bond acceptors (Lipinski definition) is 3. The molecule has 0 aliphatic carbocycles. The molecule has 0 aromatic heterocycles. The van der Waals surface area contributed by atoms with Gasteiger partial charge in [0.25, 0.3) is 0 Å². The topological polar surface area (TPSA) is 38.7 Å². The summed E-state index contributed by atoms with van der Waals surface area (Å²) in [4.78, 5) is 0. The maximum atomic E-state index is 10.3. The average molecular weight is 307 g/mol. The van der Waals surface area contributed by atoms with Gasteiger partial charge in [-0.15, -0.1) is 0 Å². The molecule has 0 aliphatic heterocycles. The second kappa shape index (κ2) is 8.77. The van der Waals surface area contributed by atoms with Crippen molar-refractivity contribution in [1.82, 2.24) is 0 Å². The number of unbranched alkanes of at least 4 members (excludes halogenated alkanes) is 1. The van der Waals surface area contributed by atoms with Crippen LogP contribution in [-0.2, 0) is 9.47 Å². The number of rotatable bonds is 8. The van der Waals surface area contributed by atoms with Crippen LogP contribution >= 0.6 is 23.2 Å². The van der Waals surface area contributed by atoms with Crippen molar-refractivity contribution >= 4 is 23.2 Å². The van der Waals surface area contributed by atoms with Gasteiger partial charge in [0, 0.05) is 22.7 Å². The zero-order chi connectivity index (χ0) is 14.3. The minimum atomic E-state index is -0.660. The third kappa shape index (κ3) is 4.93. The van der Waals surface area contributed by atoms with E-state index in [1.54, 1.807) is 18.2 Å². The lowest BCUT2D eigenvalue weighted by molar-refractivity contribution is -0.116. The Balaban J connectivity index is 2.95. The molecule has 0 fully saturated rings. The number of ether oxygens (including phenoxy) is 2. The molecule has 2 atom stereocenters. The van der Waals surface area contributed by atoms with Crippen LogP contribution in [0.1, 0.15) is 37.9 Å². The Morgan fingerprint density at radius 2 is 1.89 bits per heavy atom. The second-order valence-electron chi connectivity index (χ2n) is 4.34. The number of aliphatic hydroxyl groups excluding tert-OH is 1. The summed E-state index contributed by atoms with van der Waals surface area (Å²) < 4.78 is 10.5. The Morgan fingerprint density at radius 3 is 2.42 bits per heavy atom. The van der Waals surface area contributed by atoms with Crippen LogP contribution in [0.4, 0.5) is 0 Å². The van der Waals surface area contributed by atoms with Crippen molar-refractivity contribution in [3.05, 3.63) is 33.8 Å². The van der Waals surface area contributed by atoms with Gasteiger partial charge in [0.1, 0.15) is 12.9 Å². The van der Waals surface area contributed by atoms with Crippen molar-refractivity contribution in [2.45, 2.75) is 38.4 Å². The van der Waals surface area contributed by atoms with Gasteiger partial charge in [0.15, 0.2) is 0 Å². The van der Waals surface area contributed by atoms with Crippen LogP contribution in [0, 0.1) is 0 Å². The number of methoxy groups -OCH3 is 1. The lowest BCUT2D eigenvalue weighted by Gasteiger charge is -2.25. The first-order chi connectivity index (χ1) is 9.11. The molecule has 3 nitrogen and oxygen atoms in total. The molecule has 0 bridgehead atoms. The van der Waals surface area contributed by atoms with E-state index in [4.69, 9.17) is 32.7 Å². The zero-order valence-electron chi connectivity index (χ0n) is 11.2. The summed E-state index contributed by atoms with van der Waals surface area (Å²) in [5.74, 6) is 0. The van der Waals surface area contributed by atoms with E-state index >= 15 is 0 Å². The summed E-state index contributed by atoms with van der Waals surface area (Å²) in [7, 11) is 1.53. The fraction of sp³-hybridized carbons (Fsp3) is 0.571. The van der Waals surface area contributed by atoms with Crippen LogP contribution in [0.15, 0.2) is 18.2 Å². The minimum absolute atomic E-state index is 0.0788. The highest BCUT2D eigenvalue weighted by Crippen LogP contribution is 2.35. The van der Waals surface area contributed by atoms with E-state index in [0.29, 0.717) is 22.0 Å². The molecule has 1 aromatic carbocycles. The van der Waals surface area contributed by atoms with Crippen LogP contribution in [0.3, 0.4) is 0 Å². The van der Waals surface area contributed by atoms with Gasteiger partial charge in [0.05, 0.1) is 6.10 Å². The molecule has 19 heavy (non-hydrogen) atoms. The number of benzene rings is 1. The zero-order valence-corrected chi connectivity index (χ0v) is 12.7. The maximum Gasteiger partial charge on any atom is 0.147 e. The quantitative estimate of drug-likeness (QED) is 0.731. The fourth-order valence-corrected chi connectivity index (χ4v) is 2.49. The van der Waals surface area contributed by atoms with E-state index in [0.717, 1.165) is 12.8 Å². The third-order valence-electron chi connectivity index (χ3n) is 2.85. The van der Waals surface area contributed by atoms with Gasteiger partial charge in [-0.3, -0.25) is 0 Å². The fourth-order valence-electron chi connectivity index (χ4n) is 1.88. The smallest absolute Gasteiger partial charge is 0.147 e. The van der Waals surface area contributed by atoms with Gasteiger partial charge in [-0.05, 0) is 18.6 Å². The van der Waals surface area contributed by atoms with Crippen molar-refractivity contribution in [1.29, 1.82) is 0 Å². The molecule has 108 valence electrons. The number of halogens is 2. The highest BCUT2D eigenvalue weighted by molar-refractivity contribution is 6.36. The van der Waals surface area contributed by atoms with Crippen molar-refractivity contribution in [2.75, 3.05) is 13.9 Å². The largest absolute Gasteiger partial charge is 0.390 e. The van der Waals surface area contributed by atoms with Crippen LogP contribution in [0.25, 0.3) is 0 Å². The standard InChI is InChI=1S/C14H20Cl2O3/c1-3-4-8-12(17)14(19-9-18-2)13-10(15)6-5-7-11(13)16/h5-7,12,14,17H,3-4,8-9H2,1-2H3. The van der Waals surface area contributed by atoms with Crippen molar-refractivity contribution in [2.24, 2.45) is 0 Å². The summed E-state index contributed by atoms with van der Waals surface area (Å²) in [6.07, 6.45) is 1.31. The lowest BCUT2D eigenvalue weighted by Crippen LogP contribution is -2.23. The second-order valence-corrected chi connectivity index (χ2v) is 5.15. The molecule has 0 heterocycles. The van der Waals surface area contributed by atoms with E-state index in [2.05, 4.69) is 6.92 Å². The van der Waals surface area contributed by atoms with Crippen molar-refractivity contribution in [3.8, 4) is 0 Å². The summed E-state index contributed by atoms with van der Waals surface area (Å²) >= 11 is 12.3. The molecule has 0 spiro atoms. The van der Waals surface area contributed by atoms with E-state index < -0.39 is 12.2 Å². The number of hydrogen-bond donors (Lipinski definition) is 1. The van der Waals surface area contributed by atoms with Crippen LogP contribution in [0.5, 0.6) is 0 Å². The minimum Gasteiger partial charge on any atom is -0.390 e. The van der Waals surface area contributed by atoms with Gasteiger partial charge in [-0.1, -0.05) is 49.0 Å². The highest BCUT2D eigenvalue weighted by Gasteiger charge is 2.26. The van der Waals surface area contributed by atoms with Crippen LogP contribution in [-0.4, -0.2) is 25.1 Å². The van der Waals surface area contributed by atoms with Gasteiger partial charge < -0.3 is 14.6 Å². The van der Waals surface area contributed by atoms with Gasteiger partial charge in [0.2, 0.25) is 0 Å². The third-order valence-corrected chi connectivity index (χ3v) is 3.51. The molecule has 0 radical (unpaired) electrons. The average Bonchev–Trinajstić information content (AvgIpc) is 2.39. The lowest BCUT2D eigenvalue weighted by atomic mass is 10.00. The maximum absolute atomic E-state index is 10.3. The Hall–Kier alpha value is -0.320. The number of aliphatic hydroxyl groups is 1. The van der Waals surface area contributed by atoms with Gasteiger partial charge in [-0.2, -0.15) is 0 Å². The molecule has 1 aromatic rings. The Morgan fingerprint density at radius 1 is 1.26 bits per heavy atom. The van der Waals surface area contributed by atoms with Crippen LogP contribution < -0.4 is 0 Å². The molecule has 5 heteroatoms. The predicted octanol–water partition coefficient (Wildman–Crippen LogP) is 4.21. The first-order valence-corrected chi connectivity index (χ1v) is 7.09. The first-order valence-electron chi connectivity index (χ1n) is 6.34. The molecule has 1 rings (SSSR count). The SMILES string of the molecule is CCCCC(O)C(OCOC)c1c(Cl)cccc1Cl. The van der Waals surface area contributed by atoms with E-state index in [-0.39, 0.29) is 6.79 Å². The molecule has 1 N–H and O–H groups in total. The Bertz CT molecular complexity index is 365. The summed E-state index contributed by atoms with van der Waals surface area (Å²) in [5, 5.41) is 11.3. The highest BCUT2D eigenvalue weighted by atomic mass is 35.5. The van der Waals surface area contributed by atoms with E-state index in [9.17, 15) is 5.11 Å². The molecule has 2 unspecified atom stereocenters. The molecule has 0 saturated heterocycles. The van der Waals surface area contributed by atoms with Crippen molar-refractivity contribution in [3.63, 3.8) is 0 Å². The van der Waals surface area contributed by atoms with Crippen molar-refractivity contribution < 1.29 is 14.6 Å². The summed E-state index contributed by atoms with van der Waals surface area (Å²) in [5.41, 5.74) is 0.617. The summed E-state index contributed by atoms with van der Waals surface area (Å²) in [6.45, 7) is 2.15. The Labute approximate surface area is 124 Å².